The third-order valence-electron chi connectivity index (χ3n) is 5.94. The average Bonchev–Trinajstić information content (AvgIpc) is 3.28. The van der Waals surface area contributed by atoms with Gasteiger partial charge in [-0.15, -0.1) is 11.3 Å². The van der Waals surface area contributed by atoms with Crippen LogP contribution >= 0.6 is 11.3 Å². The molecule has 1 saturated carbocycles. The molecule has 0 radical (unpaired) electrons. The second-order valence-corrected chi connectivity index (χ2v) is 9.44. The van der Waals surface area contributed by atoms with Crippen LogP contribution in [-0.2, 0) is 17.6 Å². The molecule has 1 aliphatic carbocycles. The van der Waals surface area contributed by atoms with Crippen LogP contribution in [-0.4, -0.2) is 45.1 Å². The van der Waals surface area contributed by atoms with Gasteiger partial charge >= 0.3 is 5.97 Å². The van der Waals surface area contributed by atoms with Gasteiger partial charge in [-0.1, -0.05) is 6.92 Å². The Kier molecular flexibility index (Phi) is 8.28. The number of thiophene rings is 1. The quantitative estimate of drug-likeness (QED) is 0.414. The fourth-order valence-electron chi connectivity index (χ4n) is 4.44. The van der Waals surface area contributed by atoms with E-state index >= 15 is 0 Å². The van der Waals surface area contributed by atoms with Crippen molar-refractivity contribution in [3.63, 3.8) is 0 Å². The maximum atomic E-state index is 11.9. The lowest BCUT2D eigenvalue weighted by Crippen LogP contribution is -2.23. The SMILES string of the molecule is CCCOC(=O)c1ccc(CCCC2C(O)CC(O)[C@@H]2CCc2cc(O)[nH]c(=O)c2)s1. The van der Waals surface area contributed by atoms with E-state index in [-0.39, 0.29) is 29.2 Å². The van der Waals surface area contributed by atoms with Gasteiger partial charge in [0.1, 0.15) is 4.88 Å². The van der Waals surface area contributed by atoms with Gasteiger partial charge in [0.2, 0.25) is 0 Å². The predicted octanol–water partition coefficient (Wildman–Crippen LogP) is 3.02. The Hall–Kier alpha value is -2.16. The highest BCUT2D eigenvalue weighted by atomic mass is 32.1. The van der Waals surface area contributed by atoms with Gasteiger partial charge in [0.15, 0.2) is 5.88 Å². The van der Waals surface area contributed by atoms with Gasteiger partial charge in [0, 0.05) is 17.0 Å². The Morgan fingerprint density at radius 3 is 2.61 bits per heavy atom. The van der Waals surface area contributed by atoms with Crippen LogP contribution in [0.1, 0.15) is 59.1 Å². The van der Waals surface area contributed by atoms with Crippen molar-refractivity contribution in [1.82, 2.24) is 4.98 Å². The summed E-state index contributed by atoms with van der Waals surface area (Å²) in [7, 11) is 0. The van der Waals surface area contributed by atoms with Crippen LogP contribution in [0.4, 0.5) is 0 Å². The van der Waals surface area contributed by atoms with Gasteiger partial charge in [-0.05, 0) is 74.5 Å². The zero-order valence-electron chi connectivity index (χ0n) is 17.8. The van der Waals surface area contributed by atoms with Crippen LogP contribution < -0.4 is 5.56 Å². The Morgan fingerprint density at radius 1 is 1.16 bits per heavy atom. The number of ether oxygens (including phenoxy) is 1. The minimum atomic E-state index is -0.572. The van der Waals surface area contributed by atoms with Crippen LogP contribution in [0.5, 0.6) is 5.88 Å². The fourth-order valence-corrected chi connectivity index (χ4v) is 5.39. The molecule has 0 amide bonds. The summed E-state index contributed by atoms with van der Waals surface area (Å²) in [4.78, 5) is 27.5. The van der Waals surface area contributed by atoms with Gasteiger partial charge in [0.25, 0.3) is 5.56 Å². The van der Waals surface area contributed by atoms with Crippen LogP contribution in [0.3, 0.4) is 0 Å². The molecule has 0 bridgehead atoms. The highest BCUT2D eigenvalue weighted by Gasteiger charge is 2.40. The number of carbonyl (C=O) groups is 1. The predicted molar refractivity (Wildman–Crippen MR) is 118 cm³/mol. The number of aromatic amines is 1. The molecule has 170 valence electrons. The molecule has 7 nitrogen and oxygen atoms in total. The van der Waals surface area contributed by atoms with Gasteiger partial charge < -0.3 is 20.1 Å². The number of aromatic nitrogens is 1. The van der Waals surface area contributed by atoms with E-state index in [9.17, 15) is 24.9 Å². The molecule has 8 heteroatoms. The molecular weight excluding hydrogens is 418 g/mol. The molecule has 2 aromatic heterocycles. The maximum Gasteiger partial charge on any atom is 0.348 e. The van der Waals surface area contributed by atoms with E-state index in [1.165, 1.54) is 23.5 Å². The van der Waals surface area contributed by atoms with E-state index < -0.39 is 12.2 Å². The maximum absolute atomic E-state index is 11.9. The van der Waals surface area contributed by atoms with Crippen LogP contribution in [0.25, 0.3) is 0 Å². The molecule has 1 fully saturated rings. The summed E-state index contributed by atoms with van der Waals surface area (Å²) >= 11 is 1.44. The lowest BCUT2D eigenvalue weighted by molar-refractivity contribution is 0.0511. The lowest BCUT2D eigenvalue weighted by atomic mass is 9.85. The summed E-state index contributed by atoms with van der Waals surface area (Å²) in [6.45, 7) is 2.38. The molecule has 31 heavy (non-hydrogen) atoms. The van der Waals surface area contributed by atoms with Crippen molar-refractivity contribution in [2.45, 2.75) is 64.1 Å². The summed E-state index contributed by atoms with van der Waals surface area (Å²) in [6, 6.07) is 6.72. The van der Waals surface area contributed by atoms with Crippen LogP contribution in [0.15, 0.2) is 29.1 Å². The molecule has 0 aromatic carbocycles. The van der Waals surface area contributed by atoms with E-state index in [0.29, 0.717) is 30.7 Å². The van der Waals surface area contributed by atoms with Gasteiger partial charge in [-0.2, -0.15) is 0 Å². The molecule has 3 unspecified atom stereocenters. The van der Waals surface area contributed by atoms with E-state index in [2.05, 4.69) is 4.98 Å². The Balaban J connectivity index is 1.52. The highest BCUT2D eigenvalue weighted by molar-refractivity contribution is 7.13. The first-order chi connectivity index (χ1) is 14.9. The summed E-state index contributed by atoms with van der Waals surface area (Å²) < 4.78 is 5.17. The number of aliphatic hydroxyl groups excluding tert-OH is 2. The van der Waals surface area contributed by atoms with Gasteiger partial charge in [-0.3, -0.25) is 9.78 Å². The number of hydrogen-bond donors (Lipinski definition) is 4. The third-order valence-corrected chi connectivity index (χ3v) is 7.06. The molecule has 0 spiro atoms. The number of carbonyl (C=O) groups excluding carboxylic acids is 1. The largest absolute Gasteiger partial charge is 0.495 e. The number of H-pyrrole nitrogens is 1. The molecule has 3 rings (SSSR count). The molecule has 0 saturated heterocycles. The Morgan fingerprint density at radius 2 is 1.90 bits per heavy atom. The average molecular weight is 450 g/mol. The van der Waals surface area contributed by atoms with E-state index in [1.54, 1.807) is 6.07 Å². The first-order valence-corrected chi connectivity index (χ1v) is 11.7. The number of aromatic hydroxyl groups is 1. The Bertz CT molecular complexity index is 923. The number of esters is 1. The number of hydrogen-bond acceptors (Lipinski definition) is 7. The van der Waals surface area contributed by atoms with Crippen LogP contribution in [0.2, 0.25) is 0 Å². The minimum Gasteiger partial charge on any atom is -0.495 e. The molecule has 0 aliphatic heterocycles. The number of pyridine rings is 1. The van der Waals surface area contributed by atoms with Crippen molar-refractivity contribution >= 4 is 17.3 Å². The van der Waals surface area contributed by atoms with Crippen molar-refractivity contribution < 1.29 is 24.9 Å². The van der Waals surface area contributed by atoms with E-state index in [0.717, 1.165) is 36.1 Å². The summed E-state index contributed by atoms with van der Waals surface area (Å²) in [5.74, 6) is -0.517. The molecule has 2 aromatic rings. The normalized spacial score (nSPS) is 23.2. The summed E-state index contributed by atoms with van der Waals surface area (Å²) in [5.41, 5.74) is 0.363. The van der Waals surface area contributed by atoms with Crippen molar-refractivity contribution in [3.8, 4) is 5.88 Å². The van der Waals surface area contributed by atoms with E-state index in [4.69, 9.17) is 4.74 Å². The van der Waals surface area contributed by atoms with Crippen molar-refractivity contribution in [3.05, 3.63) is 49.9 Å². The van der Waals surface area contributed by atoms with Gasteiger partial charge in [0.05, 0.1) is 18.8 Å². The second kappa shape index (κ2) is 10.9. The summed E-state index contributed by atoms with van der Waals surface area (Å²) in [6.07, 6.45) is 3.66. The van der Waals surface area contributed by atoms with Crippen molar-refractivity contribution in [2.75, 3.05) is 6.61 Å². The molecule has 1 aliphatic rings. The van der Waals surface area contributed by atoms with Crippen molar-refractivity contribution in [1.29, 1.82) is 0 Å². The molecule has 4 atom stereocenters. The topological polar surface area (TPSA) is 120 Å². The Labute approximate surface area is 185 Å². The number of nitrogens with one attached hydrogen (secondary N) is 1. The standard InChI is InChI=1S/C23H31NO6S/c1-2-10-30-23(29)20-9-7-15(31-20)4-3-5-16-17(19(26)13-18(16)25)8-6-14-11-21(27)24-22(28)12-14/h7,9,11-12,16-19,25-26H,2-6,8,10,13H2,1H3,(H2,24,27,28)/t16?,17-,18?,19?/m1/s1. The zero-order valence-corrected chi connectivity index (χ0v) is 18.6. The first-order valence-electron chi connectivity index (χ1n) is 10.9. The minimum absolute atomic E-state index is 0.0143. The molecule has 4 N–H and O–H groups in total. The number of aryl methyl sites for hydroxylation is 2. The fraction of sp³-hybridized carbons (Fsp3) is 0.565. The summed E-state index contributed by atoms with van der Waals surface area (Å²) in [5, 5.41) is 30.5. The van der Waals surface area contributed by atoms with E-state index in [1.807, 2.05) is 13.0 Å². The van der Waals surface area contributed by atoms with Crippen LogP contribution in [0, 0.1) is 11.8 Å². The van der Waals surface area contributed by atoms with Crippen molar-refractivity contribution in [2.24, 2.45) is 11.8 Å². The monoisotopic (exact) mass is 449 g/mol. The van der Waals surface area contributed by atoms with Gasteiger partial charge in [-0.25, -0.2) is 4.79 Å². The molecular formula is C23H31NO6S. The lowest BCUT2D eigenvalue weighted by Gasteiger charge is -2.23. The molecule has 2 heterocycles. The first kappa shape index (κ1) is 23.5. The smallest absolute Gasteiger partial charge is 0.348 e. The highest BCUT2D eigenvalue weighted by Crippen LogP contribution is 2.39. The second-order valence-electron chi connectivity index (χ2n) is 8.27. The number of rotatable bonds is 10. The zero-order chi connectivity index (χ0) is 22.4. The third kappa shape index (κ3) is 6.41. The number of aliphatic hydroxyl groups is 2.